The molecule has 1 atom stereocenters. The molecule has 0 radical (unpaired) electrons. The van der Waals surface area contributed by atoms with E-state index in [1.54, 1.807) is 30.0 Å². The van der Waals surface area contributed by atoms with Gasteiger partial charge in [0.1, 0.15) is 6.04 Å². The maximum Gasteiger partial charge on any atom is 0.241 e. The van der Waals surface area contributed by atoms with Crippen LogP contribution in [0.15, 0.2) is 59.5 Å². The van der Waals surface area contributed by atoms with E-state index in [9.17, 15) is 13.2 Å². The molecule has 1 saturated heterocycles. The highest BCUT2D eigenvalue weighted by atomic mass is 32.2. The SMILES string of the molecule is CSCCC(NS(=O)(=O)c1ccccc1)C(=O)NCc1ccccc1CN1CCC(C)CC1. The lowest BCUT2D eigenvalue weighted by molar-refractivity contribution is -0.122. The highest BCUT2D eigenvalue weighted by molar-refractivity contribution is 7.98. The van der Waals surface area contributed by atoms with Crippen LogP contribution in [0.1, 0.15) is 37.3 Å². The summed E-state index contributed by atoms with van der Waals surface area (Å²) in [7, 11) is -3.78. The third kappa shape index (κ3) is 7.84. The number of amides is 1. The van der Waals surface area contributed by atoms with Gasteiger partial charge in [-0.25, -0.2) is 8.42 Å². The summed E-state index contributed by atoms with van der Waals surface area (Å²) >= 11 is 1.59. The van der Waals surface area contributed by atoms with Crippen LogP contribution < -0.4 is 10.0 Å². The van der Waals surface area contributed by atoms with Gasteiger partial charge in [0.15, 0.2) is 0 Å². The lowest BCUT2D eigenvalue weighted by atomic mass is 9.98. The number of thioether (sulfide) groups is 1. The van der Waals surface area contributed by atoms with Crippen molar-refractivity contribution in [1.29, 1.82) is 0 Å². The molecule has 0 saturated carbocycles. The molecule has 1 aliphatic heterocycles. The van der Waals surface area contributed by atoms with Gasteiger partial charge < -0.3 is 5.32 Å². The predicted molar refractivity (Wildman–Crippen MR) is 136 cm³/mol. The molecule has 0 aromatic heterocycles. The number of hydrogen-bond acceptors (Lipinski definition) is 5. The van der Waals surface area contributed by atoms with Crippen molar-refractivity contribution < 1.29 is 13.2 Å². The minimum Gasteiger partial charge on any atom is -0.351 e. The van der Waals surface area contributed by atoms with Crippen LogP contribution in [0.25, 0.3) is 0 Å². The van der Waals surface area contributed by atoms with Crippen LogP contribution >= 0.6 is 11.8 Å². The molecule has 1 fully saturated rings. The predicted octanol–water partition coefficient (Wildman–Crippen LogP) is 3.63. The number of piperidine rings is 1. The highest BCUT2D eigenvalue weighted by Crippen LogP contribution is 2.20. The van der Waals surface area contributed by atoms with Crippen LogP contribution in [0, 0.1) is 5.92 Å². The zero-order chi connectivity index (χ0) is 23.7. The summed E-state index contributed by atoms with van der Waals surface area (Å²) in [6.07, 6.45) is 4.81. The average molecular weight is 490 g/mol. The largest absolute Gasteiger partial charge is 0.351 e. The van der Waals surface area contributed by atoms with E-state index in [-0.39, 0.29) is 10.8 Å². The molecule has 0 aliphatic carbocycles. The van der Waals surface area contributed by atoms with E-state index >= 15 is 0 Å². The smallest absolute Gasteiger partial charge is 0.241 e. The molecular weight excluding hydrogens is 454 g/mol. The van der Waals surface area contributed by atoms with Gasteiger partial charge in [-0.05, 0) is 73.5 Å². The molecule has 33 heavy (non-hydrogen) atoms. The van der Waals surface area contributed by atoms with Gasteiger partial charge in [-0.2, -0.15) is 16.5 Å². The van der Waals surface area contributed by atoms with Crippen molar-refractivity contribution in [2.75, 3.05) is 25.1 Å². The zero-order valence-corrected chi connectivity index (χ0v) is 21.1. The topological polar surface area (TPSA) is 78.5 Å². The second kappa shape index (κ2) is 12.6. The molecule has 2 N–H and O–H groups in total. The summed E-state index contributed by atoms with van der Waals surface area (Å²) in [6, 6.07) is 15.5. The Morgan fingerprint density at radius 2 is 1.70 bits per heavy atom. The maximum absolute atomic E-state index is 13.0. The molecular formula is C25H35N3O3S2. The van der Waals surface area contributed by atoms with E-state index < -0.39 is 16.1 Å². The Labute approximate surface area is 202 Å². The van der Waals surface area contributed by atoms with Crippen molar-refractivity contribution in [2.45, 2.75) is 50.2 Å². The first kappa shape index (κ1) is 25.7. The van der Waals surface area contributed by atoms with Crippen LogP contribution in [0.3, 0.4) is 0 Å². The summed E-state index contributed by atoms with van der Waals surface area (Å²) in [6.45, 7) is 5.75. The zero-order valence-electron chi connectivity index (χ0n) is 19.5. The molecule has 2 aromatic rings. The molecule has 1 amide bonds. The van der Waals surface area contributed by atoms with Crippen molar-refractivity contribution >= 4 is 27.7 Å². The van der Waals surface area contributed by atoms with E-state index in [2.05, 4.69) is 27.9 Å². The van der Waals surface area contributed by atoms with Gasteiger partial charge in [0.2, 0.25) is 15.9 Å². The summed E-state index contributed by atoms with van der Waals surface area (Å²) in [5.74, 6) is 1.16. The normalized spacial score (nSPS) is 16.4. The van der Waals surface area contributed by atoms with Crippen molar-refractivity contribution in [3.63, 3.8) is 0 Å². The van der Waals surface area contributed by atoms with Crippen LogP contribution in [-0.2, 0) is 27.9 Å². The molecule has 8 heteroatoms. The fraction of sp³-hybridized carbons (Fsp3) is 0.480. The number of nitrogens with one attached hydrogen (secondary N) is 2. The van der Waals surface area contributed by atoms with Crippen LogP contribution in [0.4, 0.5) is 0 Å². The first-order valence-electron chi connectivity index (χ1n) is 11.5. The third-order valence-electron chi connectivity index (χ3n) is 6.12. The molecule has 1 heterocycles. The quantitative estimate of drug-likeness (QED) is 0.504. The Morgan fingerprint density at radius 1 is 1.06 bits per heavy atom. The first-order valence-corrected chi connectivity index (χ1v) is 14.4. The van der Waals surface area contributed by atoms with Crippen molar-refractivity contribution in [3.8, 4) is 0 Å². The molecule has 2 aromatic carbocycles. The lowest BCUT2D eigenvalue weighted by Gasteiger charge is -2.30. The molecule has 180 valence electrons. The molecule has 1 aliphatic rings. The number of sulfonamides is 1. The molecule has 6 nitrogen and oxygen atoms in total. The number of carbonyl (C=O) groups is 1. The van der Waals surface area contributed by atoms with Gasteiger partial charge >= 0.3 is 0 Å². The summed E-state index contributed by atoms with van der Waals surface area (Å²) < 4.78 is 28.2. The number of benzene rings is 2. The first-order chi connectivity index (χ1) is 15.9. The van der Waals surface area contributed by atoms with E-state index in [0.29, 0.717) is 18.7 Å². The van der Waals surface area contributed by atoms with Gasteiger partial charge in [0, 0.05) is 13.1 Å². The molecule has 1 unspecified atom stereocenters. The van der Waals surface area contributed by atoms with Crippen molar-refractivity contribution in [2.24, 2.45) is 5.92 Å². The Balaban J connectivity index is 1.64. The second-order valence-corrected chi connectivity index (χ2v) is 11.4. The minimum absolute atomic E-state index is 0.160. The summed E-state index contributed by atoms with van der Waals surface area (Å²) in [5.41, 5.74) is 2.27. The van der Waals surface area contributed by atoms with Crippen molar-refractivity contribution in [1.82, 2.24) is 14.9 Å². The van der Waals surface area contributed by atoms with Gasteiger partial charge in [-0.15, -0.1) is 0 Å². The Bertz CT molecular complexity index is 991. The Kier molecular flexibility index (Phi) is 9.79. The lowest BCUT2D eigenvalue weighted by Crippen LogP contribution is -2.46. The Hall–Kier alpha value is -1.87. The van der Waals surface area contributed by atoms with Crippen molar-refractivity contribution in [3.05, 3.63) is 65.7 Å². The van der Waals surface area contributed by atoms with Gasteiger partial charge in [0.25, 0.3) is 0 Å². The number of hydrogen-bond donors (Lipinski definition) is 2. The number of carbonyl (C=O) groups excluding carboxylic acids is 1. The van der Waals surface area contributed by atoms with Crippen LogP contribution in [-0.4, -0.2) is 50.4 Å². The highest BCUT2D eigenvalue weighted by Gasteiger charge is 2.25. The van der Waals surface area contributed by atoms with E-state index in [1.165, 1.54) is 30.5 Å². The minimum atomic E-state index is -3.78. The third-order valence-corrected chi connectivity index (χ3v) is 8.25. The number of nitrogens with zero attached hydrogens (tertiary/aromatic N) is 1. The monoisotopic (exact) mass is 489 g/mol. The van der Waals surface area contributed by atoms with Gasteiger partial charge in [0.05, 0.1) is 4.90 Å². The maximum atomic E-state index is 13.0. The van der Waals surface area contributed by atoms with Gasteiger partial charge in [-0.1, -0.05) is 49.4 Å². The molecule has 0 spiro atoms. The standard InChI is InChI=1S/C25H35N3O3S2/c1-20-12-15-28(16-13-20)19-22-9-7-6-8-21(22)18-26-25(29)24(14-17-32-2)27-33(30,31)23-10-4-3-5-11-23/h3-11,20,24,27H,12-19H2,1-2H3,(H,26,29). The van der Waals surface area contributed by atoms with Crippen LogP contribution in [0.2, 0.25) is 0 Å². The van der Waals surface area contributed by atoms with E-state index in [0.717, 1.165) is 31.1 Å². The summed E-state index contributed by atoms with van der Waals surface area (Å²) in [4.78, 5) is 15.6. The second-order valence-electron chi connectivity index (χ2n) is 8.71. The number of likely N-dealkylation sites (tertiary alicyclic amines) is 1. The van der Waals surface area contributed by atoms with E-state index in [4.69, 9.17) is 0 Å². The van der Waals surface area contributed by atoms with E-state index in [1.807, 2.05) is 24.5 Å². The Morgan fingerprint density at radius 3 is 2.36 bits per heavy atom. The fourth-order valence-electron chi connectivity index (χ4n) is 3.99. The fourth-order valence-corrected chi connectivity index (χ4v) is 5.71. The number of rotatable bonds is 11. The molecule has 3 rings (SSSR count). The summed E-state index contributed by atoms with van der Waals surface area (Å²) in [5, 5.41) is 2.97. The molecule has 0 bridgehead atoms. The van der Waals surface area contributed by atoms with Crippen LogP contribution in [0.5, 0.6) is 0 Å². The van der Waals surface area contributed by atoms with Gasteiger partial charge in [-0.3, -0.25) is 9.69 Å². The average Bonchev–Trinajstić information content (AvgIpc) is 2.83.